The number of fused-ring (bicyclic) bond motifs is 2. The van der Waals surface area contributed by atoms with Gasteiger partial charge in [-0.15, -0.1) is 0 Å². The van der Waals surface area contributed by atoms with Gasteiger partial charge in [-0.1, -0.05) is 69.5 Å². The van der Waals surface area contributed by atoms with Gasteiger partial charge in [0.2, 0.25) is 5.91 Å². The molecule has 5 heteroatoms. The standard InChI is InChI=1S/C29H37N3O2/c1-6-8-13-21(7-2)18-30-28(33)20(4)32-27(22-14-9-10-15-23(22)29(32)34)26-19(3)31(5)25-17-12-11-16-24(25)26/h9-12,14-17,20-21,27H,6-8,13,18H2,1-5H3,(H,30,33). The van der Waals surface area contributed by atoms with Crippen molar-refractivity contribution in [2.75, 3.05) is 6.54 Å². The van der Waals surface area contributed by atoms with Crippen LogP contribution in [0, 0.1) is 12.8 Å². The van der Waals surface area contributed by atoms with E-state index in [9.17, 15) is 9.59 Å². The SMILES string of the molecule is CCCCC(CC)CNC(=O)C(C)N1C(=O)c2ccccc2C1c1c(C)n(C)c2ccccc12. The highest BCUT2D eigenvalue weighted by Crippen LogP contribution is 2.44. The Morgan fingerprint density at radius 1 is 1.09 bits per heavy atom. The third-order valence-electron chi connectivity index (χ3n) is 7.63. The van der Waals surface area contributed by atoms with Gasteiger partial charge in [0.25, 0.3) is 5.91 Å². The second-order valence-electron chi connectivity index (χ2n) is 9.62. The summed E-state index contributed by atoms with van der Waals surface area (Å²) in [5.41, 5.74) is 5.00. The summed E-state index contributed by atoms with van der Waals surface area (Å²) in [5, 5.41) is 4.28. The van der Waals surface area contributed by atoms with Crippen LogP contribution in [0.15, 0.2) is 48.5 Å². The second kappa shape index (κ2) is 10.0. The van der Waals surface area contributed by atoms with E-state index in [1.807, 2.05) is 43.3 Å². The van der Waals surface area contributed by atoms with Crippen LogP contribution in [0.5, 0.6) is 0 Å². The Kier molecular flexibility index (Phi) is 7.11. The van der Waals surface area contributed by atoms with E-state index in [4.69, 9.17) is 0 Å². The monoisotopic (exact) mass is 459 g/mol. The Morgan fingerprint density at radius 2 is 1.79 bits per heavy atom. The molecule has 2 amide bonds. The van der Waals surface area contributed by atoms with Crippen LogP contribution >= 0.6 is 0 Å². The maximum atomic E-state index is 13.7. The van der Waals surface area contributed by atoms with Crippen LogP contribution in [0.3, 0.4) is 0 Å². The average molecular weight is 460 g/mol. The Balaban J connectivity index is 1.70. The van der Waals surface area contributed by atoms with Crippen molar-refractivity contribution < 1.29 is 9.59 Å². The first-order valence-electron chi connectivity index (χ1n) is 12.6. The molecular formula is C29H37N3O2. The minimum absolute atomic E-state index is 0.0754. The molecular weight excluding hydrogens is 422 g/mol. The van der Waals surface area contributed by atoms with E-state index in [-0.39, 0.29) is 17.9 Å². The van der Waals surface area contributed by atoms with E-state index in [0.717, 1.165) is 47.0 Å². The lowest BCUT2D eigenvalue weighted by Crippen LogP contribution is -2.48. The molecule has 1 aliphatic rings. The molecule has 3 aromatic rings. The zero-order chi connectivity index (χ0) is 24.4. The third-order valence-corrected chi connectivity index (χ3v) is 7.63. The zero-order valence-corrected chi connectivity index (χ0v) is 21.1. The van der Waals surface area contributed by atoms with Gasteiger partial charge in [0, 0.05) is 41.3 Å². The summed E-state index contributed by atoms with van der Waals surface area (Å²) in [6.07, 6.45) is 4.49. The molecule has 1 aliphatic heterocycles. The molecule has 1 N–H and O–H groups in total. The largest absolute Gasteiger partial charge is 0.354 e. The van der Waals surface area contributed by atoms with Gasteiger partial charge in [-0.3, -0.25) is 9.59 Å². The highest BCUT2D eigenvalue weighted by Gasteiger charge is 2.43. The Bertz CT molecular complexity index is 1200. The summed E-state index contributed by atoms with van der Waals surface area (Å²) < 4.78 is 2.18. The van der Waals surface area contributed by atoms with E-state index in [1.165, 1.54) is 6.42 Å². The fourth-order valence-corrected chi connectivity index (χ4v) is 5.39. The number of nitrogens with one attached hydrogen (secondary N) is 1. The lowest BCUT2D eigenvalue weighted by molar-refractivity contribution is -0.125. The maximum absolute atomic E-state index is 13.7. The zero-order valence-electron chi connectivity index (χ0n) is 21.1. The number of benzene rings is 2. The number of carbonyl (C=O) groups excluding carboxylic acids is 2. The molecule has 180 valence electrons. The van der Waals surface area contributed by atoms with E-state index in [1.54, 1.807) is 4.90 Å². The Morgan fingerprint density at radius 3 is 2.53 bits per heavy atom. The van der Waals surface area contributed by atoms with Crippen LogP contribution in [0.4, 0.5) is 0 Å². The van der Waals surface area contributed by atoms with Crippen LogP contribution in [0.2, 0.25) is 0 Å². The Labute approximate surface area is 203 Å². The van der Waals surface area contributed by atoms with Gasteiger partial charge in [-0.05, 0) is 43.9 Å². The van der Waals surface area contributed by atoms with Gasteiger partial charge in [-0.25, -0.2) is 0 Å². The first kappa shape index (κ1) is 24.1. The summed E-state index contributed by atoms with van der Waals surface area (Å²) in [6.45, 7) is 8.99. The highest BCUT2D eigenvalue weighted by atomic mass is 16.2. The summed E-state index contributed by atoms with van der Waals surface area (Å²) in [5.74, 6) is 0.311. The molecule has 0 saturated carbocycles. The van der Waals surface area contributed by atoms with E-state index in [2.05, 4.69) is 49.8 Å². The minimum Gasteiger partial charge on any atom is -0.354 e. The summed E-state index contributed by atoms with van der Waals surface area (Å²) in [7, 11) is 2.06. The quantitative estimate of drug-likeness (QED) is 0.443. The average Bonchev–Trinajstić information content (AvgIpc) is 3.29. The number of hydrogen-bond acceptors (Lipinski definition) is 2. The molecule has 4 rings (SSSR count). The first-order chi connectivity index (χ1) is 16.4. The fourth-order valence-electron chi connectivity index (χ4n) is 5.39. The number of hydrogen-bond donors (Lipinski definition) is 1. The number of rotatable bonds is 9. The molecule has 34 heavy (non-hydrogen) atoms. The van der Waals surface area contributed by atoms with Crippen LogP contribution in [-0.4, -0.2) is 33.9 Å². The number of carbonyl (C=O) groups is 2. The molecule has 3 unspecified atom stereocenters. The molecule has 1 aromatic heterocycles. The van der Waals surface area contributed by atoms with Crippen molar-refractivity contribution in [3.8, 4) is 0 Å². The Hall–Kier alpha value is -3.08. The van der Waals surface area contributed by atoms with Gasteiger partial charge in [-0.2, -0.15) is 0 Å². The van der Waals surface area contributed by atoms with Crippen LogP contribution < -0.4 is 5.32 Å². The smallest absolute Gasteiger partial charge is 0.255 e. The molecule has 0 saturated heterocycles. The van der Waals surface area contributed by atoms with Crippen molar-refractivity contribution >= 4 is 22.7 Å². The predicted molar refractivity (Wildman–Crippen MR) is 138 cm³/mol. The molecule has 2 aromatic carbocycles. The van der Waals surface area contributed by atoms with E-state index >= 15 is 0 Å². The molecule has 3 atom stereocenters. The highest BCUT2D eigenvalue weighted by molar-refractivity contribution is 6.03. The maximum Gasteiger partial charge on any atom is 0.255 e. The number of para-hydroxylation sites is 1. The molecule has 0 radical (unpaired) electrons. The van der Waals surface area contributed by atoms with Crippen molar-refractivity contribution in [3.63, 3.8) is 0 Å². The van der Waals surface area contributed by atoms with Gasteiger partial charge >= 0.3 is 0 Å². The minimum atomic E-state index is -0.577. The number of unbranched alkanes of at least 4 members (excludes halogenated alkanes) is 1. The molecule has 2 heterocycles. The third kappa shape index (κ3) is 4.13. The fraction of sp³-hybridized carbons (Fsp3) is 0.448. The lowest BCUT2D eigenvalue weighted by atomic mass is 9.95. The van der Waals surface area contributed by atoms with Crippen molar-refractivity contribution in [1.82, 2.24) is 14.8 Å². The van der Waals surface area contributed by atoms with Gasteiger partial charge in [0.05, 0.1) is 6.04 Å². The molecule has 0 aliphatic carbocycles. The summed E-state index contributed by atoms with van der Waals surface area (Å²) in [4.78, 5) is 28.8. The topological polar surface area (TPSA) is 54.3 Å². The molecule has 0 fully saturated rings. The van der Waals surface area contributed by atoms with Crippen molar-refractivity contribution in [2.24, 2.45) is 13.0 Å². The molecule has 0 bridgehead atoms. The predicted octanol–water partition coefficient (Wildman–Crippen LogP) is 5.75. The van der Waals surface area contributed by atoms with Crippen molar-refractivity contribution in [3.05, 3.63) is 70.9 Å². The normalized spacial score (nSPS) is 17.1. The number of aromatic nitrogens is 1. The molecule has 5 nitrogen and oxygen atoms in total. The van der Waals surface area contributed by atoms with Crippen LogP contribution in [0.1, 0.15) is 79.7 Å². The second-order valence-corrected chi connectivity index (χ2v) is 9.62. The van der Waals surface area contributed by atoms with E-state index < -0.39 is 6.04 Å². The number of nitrogens with zero attached hydrogens (tertiary/aromatic N) is 2. The number of amides is 2. The summed E-state index contributed by atoms with van der Waals surface area (Å²) >= 11 is 0. The number of aryl methyl sites for hydroxylation is 1. The molecule has 0 spiro atoms. The lowest BCUT2D eigenvalue weighted by Gasteiger charge is -2.31. The van der Waals surface area contributed by atoms with Crippen molar-refractivity contribution in [1.29, 1.82) is 0 Å². The van der Waals surface area contributed by atoms with E-state index in [0.29, 0.717) is 18.0 Å². The van der Waals surface area contributed by atoms with Crippen LogP contribution in [-0.2, 0) is 11.8 Å². The van der Waals surface area contributed by atoms with Gasteiger partial charge < -0.3 is 14.8 Å². The van der Waals surface area contributed by atoms with Crippen molar-refractivity contribution in [2.45, 2.75) is 65.5 Å². The summed E-state index contributed by atoms with van der Waals surface area (Å²) in [6, 6.07) is 15.2. The van der Waals surface area contributed by atoms with Gasteiger partial charge in [0.15, 0.2) is 0 Å². The van der Waals surface area contributed by atoms with Gasteiger partial charge in [0.1, 0.15) is 6.04 Å². The van der Waals surface area contributed by atoms with Crippen LogP contribution in [0.25, 0.3) is 10.9 Å². The first-order valence-corrected chi connectivity index (χ1v) is 12.6.